The van der Waals surface area contributed by atoms with Gasteiger partial charge in [0.1, 0.15) is 47.3 Å². The van der Waals surface area contributed by atoms with Crippen LogP contribution in [0.4, 0.5) is 5.82 Å². The number of anilines is 1. The molecule has 2 N–H and O–H groups in total. The average Bonchev–Trinajstić information content (AvgIpc) is 4.00. The van der Waals surface area contributed by atoms with E-state index >= 15 is 0 Å². The monoisotopic (exact) mass is 876 g/mol. The van der Waals surface area contributed by atoms with Crippen molar-refractivity contribution in [3.8, 4) is 17.6 Å². The fraction of sp³-hybridized carbons (Fsp3) is 0.562. The first-order valence-electron chi connectivity index (χ1n) is 22.5. The van der Waals surface area contributed by atoms with Crippen molar-refractivity contribution >= 4 is 41.0 Å². The summed E-state index contributed by atoms with van der Waals surface area (Å²) in [7, 11) is 0. The van der Waals surface area contributed by atoms with Gasteiger partial charge < -0.3 is 24.6 Å². The van der Waals surface area contributed by atoms with Gasteiger partial charge in [0.2, 0.25) is 11.8 Å². The molecule has 3 aliphatic carbocycles. The topological polar surface area (TPSA) is 170 Å². The Morgan fingerprint density at radius 1 is 0.984 bits per heavy atom. The van der Waals surface area contributed by atoms with Crippen molar-refractivity contribution < 1.29 is 28.7 Å². The fourth-order valence-corrected chi connectivity index (χ4v) is 11.8. The molecular weight excluding hydrogens is 820 g/mol. The van der Waals surface area contributed by atoms with E-state index in [0.29, 0.717) is 46.3 Å². The lowest BCUT2D eigenvalue weighted by Gasteiger charge is -2.63. The van der Waals surface area contributed by atoms with Gasteiger partial charge in [0.25, 0.3) is 11.8 Å². The number of carbonyl (C=O) groups excluding carboxylic acids is 4. The van der Waals surface area contributed by atoms with E-state index in [-0.39, 0.29) is 54.0 Å². The minimum Gasteiger partial charge on any atom is -0.490 e. The zero-order valence-electron chi connectivity index (χ0n) is 36.9. The molecule has 5 fully saturated rings. The number of aromatic nitrogens is 2. The highest BCUT2D eigenvalue weighted by molar-refractivity contribution is 6.31. The largest absolute Gasteiger partial charge is 0.490 e. The van der Waals surface area contributed by atoms with E-state index < -0.39 is 22.4 Å². The van der Waals surface area contributed by atoms with Gasteiger partial charge in [-0.1, -0.05) is 39.3 Å². The Balaban J connectivity index is 0.741. The van der Waals surface area contributed by atoms with Crippen molar-refractivity contribution in [3.05, 3.63) is 76.2 Å². The molecule has 3 aliphatic heterocycles. The maximum atomic E-state index is 13.6. The van der Waals surface area contributed by atoms with E-state index in [4.69, 9.17) is 21.1 Å². The maximum Gasteiger partial charge on any atom is 0.271 e. The second-order valence-corrected chi connectivity index (χ2v) is 20.4. The van der Waals surface area contributed by atoms with Crippen LogP contribution in [0.3, 0.4) is 0 Å². The number of nitrogens with one attached hydrogen (secondary N) is 2. The highest BCUT2D eigenvalue weighted by Crippen LogP contribution is 2.59. The number of hydrogen-bond acceptors (Lipinski definition) is 11. The highest BCUT2D eigenvalue weighted by atomic mass is 35.5. The molecule has 2 saturated heterocycles. The lowest BCUT2D eigenvalue weighted by molar-refractivity contribution is -0.164. The molecule has 4 amide bonds. The third-order valence-electron chi connectivity index (χ3n) is 14.9. The van der Waals surface area contributed by atoms with Crippen LogP contribution >= 0.6 is 11.6 Å². The van der Waals surface area contributed by atoms with Crippen molar-refractivity contribution in [2.24, 2.45) is 16.7 Å². The number of ether oxygens (including phenoxy) is 2. The number of fused-ring (bicyclic) bond motifs is 2. The van der Waals surface area contributed by atoms with Crippen LogP contribution in [-0.2, 0) is 15.1 Å². The van der Waals surface area contributed by atoms with Crippen LogP contribution in [0.25, 0.3) is 0 Å². The molecule has 14 nitrogen and oxygen atoms in total. The van der Waals surface area contributed by atoms with Crippen molar-refractivity contribution in [2.75, 3.05) is 24.5 Å². The van der Waals surface area contributed by atoms with E-state index in [1.54, 1.807) is 35.5 Å². The van der Waals surface area contributed by atoms with E-state index in [0.717, 1.165) is 75.3 Å². The number of amides is 4. The van der Waals surface area contributed by atoms with Gasteiger partial charge in [-0.3, -0.25) is 29.4 Å². The number of rotatable bonds is 12. The quantitative estimate of drug-likeness (QED) is 0.193. The van der Waals surface area contributed by atoms with E-state index in [1.807, 2.05) is 18.2 Å². The van der Waals surface area contributed by atoms with Crippen LogP contribution in [0, 0.1) is 28.1 Å². The van der Waals surface area contributed by atoms with Gasteiger partial charge in [-0.05, 0) is 87.8 Å². The van der Waals surface area contributed by atoms with Crippen molar-refractivity contribution in [2.45, 2.75) is 135 Å². The zero-order chi connectivity index (χ0) is 44.6. The standard InChI is InChI=1S/C48H57ClN8O6/c1-27(2)56(30-19-33(20-30)62-31-9-10-34-35(21-31)48(15-16-48)57(43(34)61)38-11-12-40(58)53-42(38)60)26-28-13-17-55(18-14-28)39-25-51-37(24-52-39)41(59)54-44-46(3,4)45(47(44,5)6)63-32-8-7-29(23-50)36(49)22-32/h7-10,21-22,24-25,27-28,30,33,38,44-45H,11-20,26H2,1-6H3,(H,54,59)(H,53,58,60)/t30?,33?,38-,44?,45?/m1/s1. The van der Waals surface area contributed by atoms with Crippen LogP contribution in [0.2, 0.25) is 5.02 Å². The van der Waals surface area contributed by atoms with Gasteiger partial charge in [-0.15, -0.1) is 0 Å². The van der Waals surface area contributed by atoms with Gasteiger partial charge in [0.15, 0.2) is 0 Å². The first-order valence-corrected chi connectivity index (χ1v) is 22.9. The van der Waals surface area contributed by atoms with Crippen molar-refractivity contribution in [1.29, 1.82) is 5.26 Å². The second kappa shape index (κ2) is 16.1. The van der Waals surface area contributed by atoms with Crippen LogP contribution in [0.15, 0.2) is 48.8 Å². The molecule has 3 aromatic rings. The Morgan fingerprint density at radius 2 is 1.68 bits per heavy atom. The molecule has 1 atom stereocenters. The van der Waals surface area contributed by atoms with Gasteiger partial charge in [0.05, 0.1) is 28.5 Å². The lowest BCUT2D eigenvalue weighted by Crippen LogP contribution is -2.74. The molecule has 0 radical (unpaired) electrons. The normalized spacial score (nSPS) is 26.7. The second-order valence-electron chi connectivity index (χ2n) is 20.0. The summed E-state index contributed by atoms with van der Waals surface area (Å²) in [5.74, 6) is 1.60. The Bertz CT molecular complexity index is 2350. The summed E-state index contributed by atoms with van der Waals surface area (Å²) in [6.45, 7) is 15.6. The van der Waals surface area contributed by atoms with Gasteiger partial charge in [-0.2, -0.15) is 5.26 Å². The predicted octanol–water partition coefficient (Wildman–Crippen LogP) is 6.40. The number of nitriles is 1. The minimum atomic E-state index is -0.628. The minimum absolute atomic E-state index is 0.0936. The first kappa shape index (κ1) is 43.0. The molecule has 15 heteroatoms. The summed E-state index contributed by atoms with van der Waals surface area (Å²) in [5, 5.41) is 15.2. The lowest BCUT2D eigenvalue weighted by atomic mass is 9.49. The summed E-state index contributed by atoms with van der Waals surface area (Å²) in [4.78, 5) is 67.5. The maximum absolute atomic E-state index is 13.6. The molecule has 0 unspecified atom stereocenters. The zero-order valence-corrected chi connectivity index (χ0v) is 37.7. The summed E-state index contributed by atoms with van der Waals surface area (Å²) in [5.41, 5.74) is 0.973. The summed E-state index contributed by atoms with van der Waals surface area (Å²) >= 11 is 6.26. The number of halogens is 1. The van der Waals surface area contributed by atoms with Crippen LogP contribution < -0.4 is 25.0 Å². The van der Waals surface area contributed by atoms with Crippen molar-refractivity contribution in [1.82, 2.24) is 30.4 Å². The van der Waals surface area contributed by atoms with Crippen molar-refractivity contribution in [3.63, 3.8) is 0 Å². The van der Waals surface area contributed by atoms with E-state index in [9.17, 15) is 24.4 Å². The van der Waals surface area contributed by atoms with Gasteiger partial charge in [-0.25, -0.2) is 9.97 Å². The molecule has 332 valence electrons. The molecule has 2 aromatic carbocycles. The Hall–Kier alpha value is -5.26. The summed E-state index contributed by atoms with van der Waals surface area (Å²) < 4.78 is 12.9. The molecular formula is C48H57ClN8O6. The van der Waals surface area contributed by atoms with Crippen LogP contribution in [0.5, 0.6) is 11.5 Å². The smallest absolute Gasteiger partial charge is 0.271 e. The molecule has 9 rings (SSSR count). The Kier molecular flexibility index (Phi) is 11.0. The molecule has 3 saturated carbocycles. The Morgan fingerprint density at radius 3 is 2.30 bits per heavy atom. The fourth-order valence-electron chi connectivity index (χ4n) is 11.5. The van der Waals surface area contributed by atoms with Crippen LogP contribution in [0.1, 0.15) is 125 Å². The highest BCUT2D eigenvalue weighted by Gasteiger charge is 2.64. The molecule has 4 heterocycles. The third kappa shape index (κ3) is 7.68. The number of nitrogens with zero attached hydrogens (tertiary/aromatic N) is 6. The van der Waals surface area contributed by atoms with Gasteiger partial charge in [0, 0.05) is 79.5 Å². The number of hydrogen-bond donors (Lipinski definition) is 2. The molecule has 6 aliphatic rings. The van der Waals surface area contributed by atoms with Gasteiger partial charge >= 0.3 is 0 Å². The van der Waals surface area contributed by atoms with Crippen LogP contribution in [-0.4, -0.2) is 99.4 Å². The SMILES string of the molecule is CC(C)N(CC1CCN(c2cnc(C(=O)NC3C(C)(C)C(Oc4ccc(C#N)c(Cl)c4)C3(C)C)cn2)CC1)C1CC(Oc2ccc3c(c2)C2(CC2)N([C@@H]2CCC(=O)NC2=O)C3=O)C1. The molecule has 1 spiro atoms. The van der Waals surface area contributed by atoms with E-state index in [2.05, 4.69) is 78.0 Å². The molecule has 0 bridgehead atoms. The number of benzene rings is 2. The first-order chi connectivity index (χ1) is 30.0. The summed E-state index contributed by atoms with van der Waals surface area (Å²) in [6.07, 6.45) is 9.31. The number of imide groups is 1. The number of piperidine rings is 2. The predicted molar refractivity (Wildman–Crippen MR) is 235 cm³/mol. The molecule has 63 heavy (non-hydrogen) atoms. The van der Waals surface area contributed by atoms with E-state index in [1.165, 1.54) is 0 Å². The molecule has 1 aromatic heterocycles. The Labute approximate surface area is 374 Å². The summed E-state index contributed by atoms with van der Waals surface area (Å²) in [6, 6.07) is 12.9. The third-order valence-corrected chi connectivity index (χ3v) is 15.2. The number of carbonyl (C=O) groups is 4. The average molecular weight is 877 g/mol.